The molecule has 124 valence electrons. The Balaban J connectivity index is 1.59. The molecule has 1 amide bonds. The summed E-state index contributed by atoms with van der Waals surface area (Å²) in [5, 5.41) is 0. The van der Waals surface area contributed by atoms with Crippen molar-refractivity contribution in [3.8, 4) is 5.88 Å². The molecule has 1 aromatic heterocycles. The maximum atomic E-state index is 12.5. The van der Waals surface area contributed by atoms with Crippen LogP contribution in [0, 0.1) is 6.92 Å². The zero-order chi connectivity index (χ0) is 16.9. The second-order valence-corrected chi connectivity index (χ2v) is 6.50. The van der Waals surface area contributed by atoms with Crippen molar-refractivity contribution < 1.29 is 14.3 Å². The number of anilines is 1. The number of benzene rings is 1. The van der Waals surface area contributed by atoms with Gasteiger partial charge in [-0.2, -0.15) is 0 Å². The second-order valence-electron chi connectivity index (χ2n) is 5.51. The zero-order valence-electron chi connectivity index (χ0n) is 13.4. The predicted octanol–water partition coefficient (Wildman–Crippen LogP) is 2.73. The minimum absolute atomic E-state index is 0.0298. The number of hydrogen-bond donors (Lipinski definition) is 0. The molecule has 1 aromatic carbocycles. The third-order valence-corrected chi connectivity index (χ3v) is 4.59. The van der Waals surface area contributed by atoms with Crippen LogP contribution in [0.4, 0.5) is 5.69 Å². The van der Waals surface area contributed by atoms with Crippen molar-refractivity contribution in [2.75, 3.05) is 29.6 Å². The summed E-state index contributed by atoms with van der Waals surface area (Å²) in [4.78, 5) is 30.5. The lowest BCUT2D eigenvalue weighted by Gasteiger charge is -2.28. The molecule has 0 radical (unpaired) electrons. The van der Waals surface area contributed by atoms with E-state index in [9.17, 15) is 9.59 Å². The van der Waals surface area contributed by atoms with Gasteiger partial charge in [0.2, 0.25) is 11.8 Å². The molecule has 24 heavy (non-hydrogen) atoms. The normalized spacial score (nSPS) is 13.1. The predicted molar refractivity (Wildman–Crippen MR) is 94.9 cm³/mol. The Morgan fingerprint density at radius 2 is 2.04 bits per heavy atom. The lowest BCUT2D eigenvalue weighted by Crippen LogP contribution is -2.39. The van der Waals surface area contributed by atoms with E-state index in [0.29, 0.717) is 36.0 Å². The number of Topliss-reactive ketones (excluding diaryl/α,β-unsaturated/α-hetero) is 1. The number of aromatic nitrogens is 1. The van der Waals surface area contributed by atoms with Crippen molar-refractivity contribution in [3.05, 3.63) is 53.7 Å². The molecule has 0 atom stereocenters. The molecule has 0 N–H and O–H groups in total. The van der Waals surface area contributed by atoms with Gasteiger partial charge in [0.1, 0.15) is 12.3 Å². The minimum Gasteiger partial charge on any atom is -0.474 e. The number of nitrogens with zero attached hydrogens (tertiary/aromatic N) is 2. The van der Waals surface area contributed by atoms with Crippen LogP contribution in [0.1, 0.15) is 15.9 Å². The van der Waals surface area contributed by atoms with Gasteiger partial charge in [-0.1, -0.05) is 30.3 Å². The monoisotopic (exact) mass is 342 g/mol. The highest BCUT2D eigenvalue weighted by atomic mass is 32.2. The summed E-state index contributed by atoms with van der Waals surface area (Å²) in [5.74, 6) is 1.04. The standard InChI is InChI=1S/C18H18N2O3S/c1-13-9-15-18(19-10-13)23-8-7-20(15)17(22)12-24-11-16(21)14-5-3-2-4-6-14/h2-6,9-10H,7-8,11-12H2,1H3. The van der Waals surface area contributed by atoms with E-state index in [1.165, 1.54) is 11.8 Å². The lowest BCUT2D eigenvalue weighted by molar-refractivity contribution is -0.116. The Morgan fingerprint density at radius 1 is 1.25 bits per heavy atom. The van der Waals surface area contributed by atoms with Crippen LogP contribution in [0.25, 0.3) is 0 Å². The highest BCUT2D eigenvalue weighted by Crippen LogP contribution is 2.30. The van der Waals surface area contributed by atoms with Crippen LogP contribution < -0.4 is 9.64 Å². The largest absolute Gasteiger partial charge is 0.474 e. The highest BCUT2D eigenvalue weighted by molar-refractivity contribution is 8.00. The number of carbonyl (C=O) groups is 2. The molecule has 2 aromatic rings. The first-order valence-electron chi connectivity index (χ1n) is 7.71. The molecular weight excluding hydrogens is 324 g/mol. The van der Waals surface area contributed by atoms with E-state index >= 15 is 0 Å². The van der Waals surface area contributed by atoms with Crippen LogP contribution in [0.5, 0.6) is 5.88 Å². The molecule has 0 saturated carbocycles. The van der Waals surface area contributed by atoms with E-state index in [1.807, 2.05) is 31.2 Å². The first kappa shape index (κ1) is 16.5. The van der Waals surface area contributed by atoms with E-state index in [0.717, 1.165) is 5.56 Å². The van der Waals surface area contributed by atoms with E-state index in [2.05, 4.69) is 4.98 Å². The lowest BCUT2D eigenvalue weighted by atomic mass is 10.2. The van der Waals surface area contributed by atoms with Gasteiger partial charge in [-0.15, -0.1) is 11.8 Å². The molecule has 5 nitrogen and oxygen atoms in total. The van der Waals surface area contributed by atoms with Crippen molar-refractivity contribution in [2.24, 2.45) is 0 Å². The van der Waals surface area contributed by atoms with Crippen LogP contribution >= 0.6 is 11.8 Å². The summed E-state index contributed by atoms with van der Waals surface area (Å²) in [6.45, 7) is 2.87. The number of ether oxygens (including phenoxy) is 1. The molecule has 2 heterocycles. The van der Waals surface area contributed by atoms with Gasteiger partial charge < -0.3 is 9.64 Å². The number of carbonyl (C=O) groups excluding carboxylic acids is 2. The molecule has 0 fully saturated rings. The maximum Gasteiger partial charge on any atom is 0.238 e. The van der Waals surface area contributed by atoms with E-state index < -0.39 is 0 Å². The Morgan fingerprint density at radius 3 is 2.83 bits per heavy atom. The number of ketones is 1. The molecule has 1 aliphatic heterocycles. The van der Waals surface area contributed by atoms with Gasteiger partial charge in [0, 0.05) is 11.8 Å². The molecule has 0 aliphatic carbocycles. The molecule has 1 aliphatic rings. The Kier molecular flexibility index (Phi) is 5.15. The Bertz CT molecular complexity index is 749. The first-order valence-corrected chi connectivity index (χ1v) is 8.86. The Labute approximate surface area is 145 Å². The number of pyridine rings is 1. The van der Waals surface area contributed by atoms with E-state index in [1.54, 1.807) is 23.2 Å². The molecule has 3 rings (SSSR count). The van der Waals surface area contributed by atoms with Gasteiger partial charge >= 0.3 is 0 Å². The molecule has 0 saturated heterocycles. The number of amides is 1. The SMILES string of the molecule is Cc1cnc2c(c1)N(C(=O)CSCC(=O)c1ccccc1)CCO2. The van der Waals surface area contributed by atoms with Gasteiger partial charge in [0.15, 0.2) is 5.78 Å². The van der Waals surface area contributed by atoms with Crippen LogP contribution in [0.3, 0.4) is 0 Å². The summed E-state index contributed by atoms with van der Waals surface area (Å²) in [7, 11) is 0. The summed E-state index contributed by atoms with van der Waals surface area (Å²) in [6, 6.07) is 11.0. The third-order valence-electron chi connectivity index (χ3n) is 3.67. The maximum absolute atomic E-state index is 12.5. The molecule has 0 unspecified atom stereocenters. The van der Waals surface area contributed by atoms with E-state index in [-0.39, 0.29) is 17.4 Å². The fourth-order valence-corrected chi connectivity index (χ4v) is 3.26. The van der Waals surface area contributed by atoms with Gasteiger partial charge in [-0.25, -0.2) is 4.98 Å². The summed E-state index contributed by atoms with van der Waals surface area (Å²) in [6.07, 6.45) is 1.72. The average Bonchev–Trinajstić information content (AvgIpc) is 2.61. The summed E-state index contributed by atoms with van der Waals surface area (Å²) < 4.78 is 5.49. The van der Waals surface area contributed by atoms with Crippen molar-refractivity contribution in [3.63, 3.8) is 0 Å². The van der Waals surface area contributed by atoms with Crippen LogP contribution in [-0.4, -0.2) is 41.3 Å². The number of hydrogen-bond acceptors (Lipinski definition) is 5. The Hall–Kier alpha value is -2.34. The molecular formula is C18H18N2O3S. The quantitative estimate of drug-likeness (QED) is 0.782. The average molecular weight is 342 g/mol. The fourth-order valence-electron chi connectivity index (χ4n) is 2.48. The molecule has 0 bridgehead atoms. The van der Waals surface area contributed by atoms with Crippen molar-refractivity contribution in [2.45, 2.75) is 6.92 Å². The van der Waals surface area contributed by atoms with Crippen molar-refractivity contribution in [1.29, 1.82) is 0 Å². The number of aryl methyl sites for hydroxylation is 1. The van der Waals surface area contributed by atoms with Gasteiger partial charge in [-0.05, 0) is 18.6 Å². The summed E-state index contributed by atoms with van der Waals surface area (Å²) >= 11 is 1.33. The smallest absolute Gasteiger partial charge is 0.238 e. The molecule has 0 spiro atoms. The highest BCUT2D eigenvalue weighted by Gasteiger charge is 2.24. The van der Waals surface area contributed by atoms with Gasteiger partial charge in [0.25, 0.3) is 0 Å². The van der Waals surface area contributed by atoms with Crippen molar-refractivity contribution in [1.82, 2.24) is 4.98 Å². The first-order chi connectivity index (χ1) is 11.6. The van der Waals surface area contributed by atoms with Crippen molar-refractivity contribution >= 4 is 29.1 Å². The zero-order valence-corrected chi connectivity index (χ0v) is 14.2. The number of rotatable bonds is 5. The fraction of sp³-hybridized carbons (Fsp3) is 0.278. The van der Waals surface area contributed by atoms with Crippen LogP contribution in [0.2, 0.25) is 0 Å². The number of thioether (sulfide) groups is 1. The third kappa shape index (κ3) is 3.76. The summed E-state index contributed by atoms with van der Waals surface area (Å²) in [5.41, 5.74) is 2.36. The van der Waals surface area contributed by atoms with Crippen LogP contribution in [-0.2, 0) is 4.79 Å². The molecule has 6 heteroatoms. The van der Waals surface area contributed by atoms with Crippen LogP contribution in [0.15, 0.2) is 42.6 Å². The van der Waals surface area contributed by atoms with Gasteiger partial charge in [-0.3, -0.25) is 9.59 Å². The van der Waals surface area contributed by atoms with Gasteiger partial charge in [0.05, 0.1) is 18.1 Å². The van der Waals surface area contributed by atoms with E-state index in [4.69, 9.17) is 4.74 Å². The minimum atomic E-state index is -0.0298. The topological polar surface area (TPSA) is 59.5 Å². The number of fused-ring (bicyclic) bond motifs is 1. The second kappa shape index (κ2) is 7.49.